The normalized spacial score (nSPS) is 12.9. The molecule has 0 aliphatic heterocycles. The third-order valence-corrected chi connectivity index (χ3v) is 5.03. The highest BCUT2D eigenvalue weighted by molar-refractivity contribution is 5.76. The van der Waals surface area contributed by atoms with Crippen LogP contribution >= 0.6 is 0 Å². The molecule has 0 spiro atoms. The molecule has 0 aliphatic carbocycles. The topological polar surface area (TPSA) is 76.2 Å². The molecule has 0 bridgehead atoms. The maximum atomic E-state index is 12.8. The average Bonchev–Trinajstić information content (AvgIpc) is 3.18. The molecule has 0 saturated carbocycles. The highest BCUT2D eigenvalue weighted by Gasteiger charge is 2.28. The molecule has 0 radical (unpaired) electrons. The van der Waals surface area contributed by atoms with E-state index >= 15 is 0 Å². The molecule has 4 rings (SSSR count). The van der Waals surface area contributed by atoms with Crippen LogP contribution in [-0.4, -0.2) is 19.6 Å². The Morgan fingerprint density at radius 1 is 1.19 bits per heavy atom. The van der Waals surface area contributed by atoms with Crippen LogP contribution in [0.2, 0.25) is 0 Å². The summed E-state index contributed by atoms with van der Waals surface area (Å²) < 4.78 is 7.74. The number of rotatable bonds is 3. The Morgan fingerprint density at radius 3 is 2.67 bits per heavy atom. The third-order valence-electron chi connectivity index (χ3n) is 5.03. The molecule has 140 valence electrons. The van der Waals surface area contributed by atoms with Crippen LogP contribution in [0, 0.1) is 0 Å². The van der Waals surface area contributed by atoms with E-state index in [2.05, 4.69) is 49.7 Å². The lowest BCUT2D eigenvalue weighted by atomic mass is 9.84. The van der Waals surface area contributed by atoms with Crippen LogP contribution < -0.4 is 5.56 Å². The van der Waals surface area contributed by atoms with Crippen LogP contribution in [0.1, 0.15) is 51.5 Å². The molecule has 0 unspecified atom stereocenters. The van der Waals surface area contributed by atoms with E-state index in [1.165, 1.54) is 0 Å². The SMILES string of the molecule is CC(C)(C)c1cnn2cc(CC(C)(C)c3cc4ccncc4o3)c(=O)[nH]c12. The Morgan fingerprint density at radius 2 is 1.96 bits per heavy atom. The summed E-state index contributed by atoms with van der Waals surface area (Å²) in [6, 6.07) is 3.95. The molecule has 4 heterocycles. The van der Waals surface area contributed by atoms with Gasteiger partial charge in [0, 0.05) is 34.3 Å². The van der Waals surface area contributed by atoms with Crippen LogP contribution in [0.4, 0.5) is 0 Å². The lowest BCUT2D eigenvalue weighted by Gasteiger charge is -2.21. The van der Waals surface area contributed by atoms with Crippen molar-refractivity contribution in [2.24, 2.45) is 0 Å². The van der Waals surface area contributed by atoms with E-state index in [9.17, 15) is 4.79 Å². The second-order valence-corrected chi connectivity index (χ2v) is 8.79. The van der Waals surface area contributed by atoms with Crippen LogP contribution in [0.5, 0.6) is 0 Å². The van der Waals surface area contributed by atoms with Gasteiger partial charge in [-0.05, 0) is 24.0 Å². The first-order chi connectivity index (χ1) is 12.6. The van der Waals surface area contributed by atoms with Crippen molar-refractivity contribution in [3.63, 3.8) is 0 Å². The van der Waals surface area contributed by atoms with Gasteiger partial charge >= 0.3 is 0 Å². The maximum absolute atomic E-state index is 12.8. The summed E-state index contributed by atoms with van der Waals surface area (Å²) in [5.74, 6) is 0.834. The van der Waals surface area contributed by atoms with Crippen molar-refractivity contribution in [2.75, 3.05) is 0 Å². The Labute approximate surface area is 157 Å². The summed E-state index contributed by atoms with van der Waals surface area (Å²) in [5.41, 5.74) is 2.69. The molecule has 0 saturated heterocycles. The predicted molar refractivity (Wildman–Crippen MR) is 105 cm³/mol. The first-order valence-corrected chi connectivity index (χ1v) is 9.09. The van der Waals surface area contributed by atoms with E-state index in [0.29, 0.717) is 12.0 Å². The lowest BCUT2D eigenvalue weighted by molar-refractivity contribution is 0.397. The number of aromatic nitrogens is 4. The Hall–Kier alpha value is -2.89. The molecule has 6 heteroatoms. The first kappa shape index (κ1) is 17.5. The van der Waals surface area contributed by atoms with Gasteiger partial charge in [-0.1, -0.05) is 34.6 Å². The van der Waals surface area contributed by atoms with E-state index in [1.54, 1.807) is 16.9 Å². The summed E-state index contributed by atoms with van der Waals surface area (Å²) in [4.78, 5) is 19.9. The van der Waals surface area contributed by atoms with Crippen molar-refractivity contribution in [3.8, 4) is 0 Å². The Bertz CT molecular complexity index is 1160. The number of H-pyrrole nitrogens is 1. The van der Waals surface area contributed by atoms with Crippen molar-refractivity contribution in [1.82, 2.24) is 19.6 Å². The van der Waals surface area contributed by atoms with Gasteiger partial charge in [-0.15, -0.1) is 0 Å². The van der Waals surface area contributed by atoms with Crippen LogP contribution in [0.3, 0.4) is 0 Å². The second kappa shape index (κ2) is 5.81. The van der Waals surface area contributed by atoms with Gasteiger partial charge in [-0.2, -0.15) is 5.10 Å². The molecule has 6 nitrogen and oxygen atoms in total. The monoisotopic (exact) mass is 364 g/mol. The summed E-state index contributed by atoms with van der Waals surface area (Å²) in [6.45, 7) is 10.5. The molecule has 0 aliphatic rings. The number of hydrogen-bond donors (Lipinski definition) is 1. The highest BCUT2D eigenvalue weighted by atomic mass is 16.3. The molecule has 4 aromatic heterocycles. The van der Waals surface area contributed by atoms with Crippen molar-refractivity contribution >= 4 is 16.6 Å². The van der Waals surface area contributed by atoms with E-state index in [0.717, 1.165) is 27.9 Å². The fraction of sp³-hybridized carbons (Fsp3) is 0.381. The van der Waals surface area contributed by atoms with Gasteiger partial charge in [0.25, 0.3) is 5.56 Å². The third kappa shape index (κ3) is 3.05. The van der Waals surface area contributed by atoms with Gasteiger partial charge in [0.1, 0.15) is 11.4 Å². The van der Waals surface area contributed by atoms with E-state index in [1.807, 2.05) is 24.5 Å². The number of hydrogen-bond acceptors (Lipinski definition) is 4. The van der Waals surface area contributed by atoms with Gasteiger partial charge < -0.3 is 9.40 Å². The zero-order chi connectivity index (χ0) is 19.4. The van der Waals surface area contributed by atoms with Crippen molar-refractivity contribution < 1.29 is 4.42 Å². The number of pyridine rings is 1. The van der Waals surface area contributed by atoms with Gasteiger partial charge in [0.15, 0.2) is 5.58 Å². The minimum Gasteiger partial charge on any atom is -0.459 e. The smallest absolute Gasteiger partial charge is 0.254 e. The first-order valence-electron chi connectivity index (χ1n) is 9.09. The van der Waals surface area contributed by atoms with Gasteiger partial charge in [0.2, 0.25) is 0 Å². The standard InChI is InChI=1S/C21H24N4O2/c1-20(2,3)15-10-23-25-12-14(19(26)24-18(15)25)9-21(4,5)17-8-13-6-7-22-11-16(13)27-17/h6-8,10-12H,9H2,1-5H3,(H,24,26). The van der Waals surface area contributed by atoms with E-state index in [4.69, 9.17) is 4.42 Å². The van der Waals surface area contributed by atoms with Gasteiger partial charge in [0.05, 0.1) is 12.4 Å². The largest absolute Gasteiger partial charge is 0.459 e. The molecule has 4 aromatic rings. The Balaban J connectivity index is 1.74. The van der Waals surface area contributed by atoms with Crippen molar-refractivity contribution in [3.05, 3.63) is 64.2 Å². The maximum Gasteiger partial charge on any atom is 0.254 e. The van der Waals surface area contributed by atoms with Crippen LogP contribution in [-0.2, 0) is 17.3 Å². The molecule has 0 atom stereocenters. The van der Waals surface area contributed by atoms with Crippen LogP contribution in [0.25, 0.3) is 16.6 Å². The molecule has 0 fully saturated rings. The number of nitrogens with one attached hydrogen (secondary N) is 1. The minimum atomic E-state index is -0.348. The zero-order valence-electron chi connectivity index (χ0n) is 16.3. The average molecular weight is 364 g/mol. The fourth-order valence-corrected chi connectivity index (χ4v) is 3.43. The summed E-state index contributed by atoms with van der Waals surface area (Å²) in [6.07, 6.45) is 7.65. The number of furan rings is 1. The van der Waals surface area contributed by atoms with Gasteiger partial charge in [-0.25, -0.2) is 4.52 Å². The molecular formula is C21H24N4O2. The van der Waals surface area contributed by atoms with Crippen LogP contribution in [0.15, 0.2) is 46.1 Å². The van der Waals surface area contributed by atoms with Crippen molar-refractivity contribution in [1.29, 1.82) is 0 Å². The highest BCUT2D eigenvalue weighted by Crippen LogP contribution is 2.32. The molecule has 0 aromatic carbocycles. The number of nitrogens with zero attached hydrogens (tertiary/aromatic N) is 3. The number of aromatic amines is 1. The van der Waals surface area contributed by atoms with E-state index in [-0.39, 0.29) is 16.4 Å². The minimum absolute atomic E-state index is 0.0839. The number of fused-ring (bicyclic) bond motifs is 2. The fourth-order valence-electron chi connectivity index (χ4n) is 3.43. The van der Waals surface area contributed by atoms with Crippen molar-refractivity contribution in [2.45, 2.75) is 51.9 Å². The second-order valence-electron chi connectivity index (χ2n) is 8.79. The summed E-state index contributed by atoms with van der Waals surface area (Å²) in [5, 5.41) is 5.45. The Kier molecular flexibility index (Phi) is 3.77. The molecule has 1 N–H and O–H groups in total. The quantitative estimate of drug-likeness (QED) is 0.596. The molecule has 0 amide bonds. The molecule has 27 heavy (non-hydrogen) atoms. The predicted octanol–water partition coefficient (Wildman–Crippen LogP) is 3.98. The van der Waals surface area contributed by atoms with E-state index < -0.39 is 0 Å². The zero-order valence-corrected chi connectivity index (χ0v) is 16.3. The van der Waals surface area contributed by atoms with Gasteiger partial charge in [-0.3, -0.25) is 9.78 Å². The summed E-state index contributed by atoms with van der Waals surface area (Å²) >= 11 is 0. The lowest BCUT2D eigenvalue weighted by Crippen LogP contribution is -2.26. The molecular weight excluding hydrogens is 340 g/mol. The summed E-state index contributed by atoms with van der Waals surface area (Å²) in [7, 11) is 0.